The van der Waals surface area contributed by atoms with E-state index in [9.17, 15) is 14.9 Å². The Labute approximate surface area is 138 Å². The van der Waals surface area contributed by atoms with Crippen molar-refractivity contribution in [2.45, 2.75) is 13.5 Å². The lowest BCUT2D eigenvalue weighted by molar-refractivity contribution is -0.385. The molecule has 0 saturated heterocycles. The zero-order valence-corrected chi connectivity index (χ0v) is 13.1. The van der Waals surface area contributed by atoms with Crippen molar-refractivity contribution < 1.29 is 19.2 Å². The second-order valence-electron chi connectivity index (χ2n) is 5.28. The Morgan fingerprint density at radius 2 is 1.96 bits per heavy atom. The quantitative estimate of drug-likeness (QED) is 0.622. The Bertz CT molecular complexity index is 790. The molecule has 0 radical (unpaired) electrons. The first-order valence-corrected chi connectivity index (χ1v) is 7.51. The molecule has 0 N–H and O–H groups in total. The molecule has 1 aliphatic heterocycles. The molecule has 3 rings (SSSR count). The Hall–Kier alpha value is -3.09. The predicted molar refractivity (Wildman–Crippen MR) is 86.1 cm³/mol. The minimum absolute atomic E-state index is 0.0880. The molecule has 2 aromatic rings. The number of benzene rings is 2. The van der Waals surface area contributed by atoms with Gasteiger partial charge in [0, 0.05) is 19.2 Å². The summed E-state index contributed by atoms with van der Waals surface area (Å²) in [5.41, 5.74) is 0.768. The Morgan fingerprint density at radius 3 is 2.71 bits per heavy atom. The molecule has 0 saturated carbocycles. The van der Waals surface area contributed by atoms with Gasteiger partial charge in [0.15, 0.2) is 11.5 Å². The molecular weight excluding hydrogens is 312 g/mol. The van der Waals surface area contributed by atoms with Gasteiger partial charge in [-0.1, -0.05) is 18.2 Å². The molecule has 0 atom stereocenters. The first-order chi connectivity index (χ1) is 11.6. The molecule has 0 spiro atoms. The van der Waals surface area contributed by atoms with E-state index in [2.05, 4.69) is 0 Å². The topological polar surface area (TPSA) is 81.9 Å². The van der Waals surface area contributed by atoms with Gasteiger partial charge in [0.1, 0.15) is 5.56 Å². The molecule has 7 heteroatoms. The Kier molecular flexibility index (Phi) is 4.33. The predicted octanol–water partition coefficient (Wildman–Crippen LogP) is 2.99. The molecule has 1 aliphatic rings. The lowest BCUT2D eigenvalue weighted by Gasteiger charge is -2.21. The van der Waals surface area contributed by atoms with Gasteiger partial charge in [0.2, 0.25) is 6.79 Å². The average molecular weight is 328 g/mol. The van der Waals surface area contributed by atoms with Gasteiger partial charge < -0.3 is 14.4 Å². The van der Waals surface area contributed by atoms with Crippen molar-refractivity contribution in [3.8, 4) is 11.5 Å². The van der Waals surface area contributed by atoms with Crippen LogP contribution in [0.5, 0.6) is 11.5 Å². The number of nitro benzene ring substituents is 1. The van der Waals surface area contributed by atoms with Crippen LogP contribution in [0.4, 0.5) is 5.69 Å². The van der Waals surface area contributed by atoms with E-state index in [-0.39, 0.29) is 24.0 Å². The van der Waals surface area contributed by atoms with Gasteiger partial charge in [-0.2, -0.15) is 0 Å². The molecule has 124 valence electrons. The van der Waals surface area contributed by atoms with E-state index in [0.29, 0.717) is 24.6 Å². The maximum atomic E-state index is 12.7. The van der Waals surface area contributed by atoms with E-state index in [0.717, 1.165) is 5.56 Å². The van der Waals surface area contributed by atoms with E-state index in [1.807, 2.05) is 19.1 Å². The van der Waals surface area contributed by atoms with Crippen molar-refractivity contribution in [3.63, 3.8) is 0 Å². The molecule has 1 amide bonds. The van der Waals surface area contributed by atoms with E-state index in [4.69, 9.17) is 9.47 Å². The molecule has 0 aromatic heterocycles. The summed E-state index contributed by atoms with van der Waals surface area (Å²) in [5, 5.41) is 11.1. The fourth-order valence-electron chi connectivity index (χ4n) is 2.57. The summed E-state index contributed by atoms with van der Waals surface area (Å²) >= 11 is 0. The summed E-state index contributed by atoms with van der Waals surface area (Å²) in [5.74, 6) is 0.941. The van der Waals surface area contributed by atoms with Crippen LogP contribution in [0, 0.1) is 10.1 Å². The van der Waals surface area contributed by atoms with Gasteiger partial charge in [-0.05, 0) is 30.7 Å². The SMILES string of the molecule is CCN(Cc1ccc2c(c1)OCO2)C(=O)c1ccccc1[N+](=O)[O-]. The molecule has 0 unspecified atom stereocenters. The number of carbonyl (C=O) groups is 1. The van der Waals surface area contributed by atoms with Crippen LogP contribution in [-0.4, -0.2) is 29.1 Å². The molecule has 0 fully saturated rings. The van der Waals surface area contributed by atoms with Gasteiger partial charge in [-0.3, -0.25) is 14.9 Å². The number of amides is 1. The summed E-state index contributed by atoms with van der Waals surface area (Å²) in [7, 11) is 0. The highest BCUT2D eigenvalue weighted by Gasteiger charge is 2.24. The summed E-state index contributed by atoms with van der Waals surface area (Å²) in [6.07, 6.45) is 0. The monoisotopic (exact) mass is 328 g/mol. The fourth-order valence-corrected chi connectivity index (χ4v) is 2.57. The van der Waals surface area contributed by atoms with Crippen LogP contribution in [0.3, 0.4) is 0 Å². The fraction of sp³-hybridized carbons (Fsp3) is 0.235. The maximum Gasteiger partial charge on any atom is 0.282 e. The second kappa shape index (κ2) is 6.57. The van der Waals surface area contributed by atoms with Crippen molar-refractivity contribution in [2.24, 2.45) is 0 Å². The van der Waals surface area contributed by atoms with Crippen molar-refractivity contribution in [2.75, 3.05) is 13.3 Å². The minimum Gasteiger partial charge on any atom is -0.454 e. The highest BCUT2D eigenvalue weighted by atomic mass is 16.7. The van der Waals surface area contributed by atoms with E-state index in [1.165, 1.54) is 12.1 Å². The standard InChI is InChI=1S/C17H16N2O5/c1-2-18(10-12-7-8-15-16(9-12)24-11-23-15)17(20)13-5-3-4-6-14(13)19(21)22/h3-9H,2,10-11H2,1H3. The van der Waals surface area contributed by atoms with Crippen LogP contribution >= 0.6 is 0 Å². The Morgan fingerprint density at radius 1 is 1.21 bits per heavy atom. The van der Waals surface area contributed by atoms with Gasteiger partial charge in [-0.25, -0.2) is 0 Å². The third-order valence-corrected chi connectivity index (χ3v) is 3.81. The molecule has 24 heavy (non-hydrogen) atoms. The van der Waals surface area contributed by atoms with E-state index >= 15 is 0 Å². The molecule has 7 nitrogen and oxygen atoms in total. The summed E-state index contributed by atoms with van der Waals surface area (Å²) in [4.78, 5) is 24.8. The summed E-state index contributed by atoms with van der Waals surface area (Å²) in [6.45, 7) is 2.78. The maximum absolute atomic E-state index is 12.7. The van der Waals surface area contributed by atoms with Crippen LogP contribution < -0.4 is 9.47 Å². The highest BCUT2D eigenvalue weighted by molar-refractivity contribution is 5.98. The largest absolute Gasteiger partial charge is 0.454 e. The van der Waals surface area contributed by atoms with Crippen LogP contribution in [-0.2, 0) is 6.54 Å². The van der Waals surface area contributed by atoms with E-state index < -0.39 is 4.92 Å². The van der Waals surface area contributed by atoms with Crippen molar-refractivity contribution in [3.05, 3.63) is 63.7 Å². The summed E-state index contributed by atoms with van der Waals surface area (Å²) < 4.78 is 10.6. The number of para-hydroxylation sites is 1. The zero-order valence-electron chi connectivity index (χ0n) is 13.1. The average Bonchev–Trinajstić information content (AvgIpc) is 3.06. The van der Waals surface area contributed by atoms with Crippen LogP contribution in [0.25, 0.3) is 0 Å². The number of nitrogens with zero attached hydrogens (tertiary/aromatic N) is 2. The third-order valence-electron chi connectivity index (χ3n) is 3.81. The lowest BCUT2D eigenvalue weighted by atomic mass is 10.1. The van der Waals surface area contributed by atoms with Crippen molar-refractivity contribution in [1.29, 1.82) is 0 Å². The normalized spacial score (nSPS) is 12.0. The zero-order chi connectivity index (χ0) is 17.1. The first kappa shape index (κ1) is 15.8. The molecule has 1 heterocycles. The van der Waals surface area contributed by atoms with Gasteiger partial charge >= 0.3 is 0 Å². The Balaban J connectivity index is 1.84. The number of nitro groups is 1. The molecule has 2 aromatic carbocycles. The number of fused-ring (bicyclic) bond motifs is 1. The molecule has 0 bridgehead atoms. The number of carbonyl (C=O) groups excluding carboxylic acids is 1. The smallest absolute Gasteiger partial charge is 0.282 e. The highest BCUT2D eigenvalue weighted by Crippen LogP contribution is 2.33. The minimum atomic E-state index is -0.540. The van der Waals surface area contributed by atoms with Gasteiger partial charge in [-0.15, -0.1) is 0 Å². The van der Waals surface area contributed by atoms with Gasteiger partial charge in [0.05, 0.1) is 4.92 Å². The van der Waals surface area contributed by atoms with E-state index in [1.54, 1.807) is 23.1 Å². The van der Waals surface area contributed by atoms with Crippen LogP contribution in [0.1, 0.15) is 22.8 Å². The number of rotatable bonds is 5. The van der Waals surface area contributed by atoms with Crippen LogP contribution in [0.2, 0.25) is 0 Å². The van der Waals surface area contributed by atoms with Gasteiger partial charge in [0.25, 0.3) is 11.6 Å². The van der Waals surface area contributed by atoms with Crippen LogP contribution in [0.15, 0.2) is 42.5 Å². The van der Waals surface area contributed by atoms with Crippen molar-refractivity contribution >= 4 is 11.6 Å². The second-order valence-corrected chi connectivity index (χ2v) is 5.28. The number of ether oxygens (including phenoxy) is 2. The number of hydrogen-bond acceptors (Lipinski definition) is 5. The molecular formula is C17H16N2O5. The lowest BCUT2D eigenvalue weighted by Crippen LogP contribution is -2.30. The summed E-state index contributed by atoms with van der Waals surface area (Å²) in [6, 6.07) is 11.4. The van der Waals surface area contributed by atoms with Crippen molar-refractivity contribution in [1.82, 2.24) is 4.90 Å². The number of hydrogen-bond donors (Lipinski definition) is 0. The third kappa shape index (κ3) is 3.01. The first-order valence-electron chi connectivity index (χ1n) is 7.51. The molecule has 0 aliphatic carbocycles.